The molecule has 1 aromatic carbocycles. The van der Waals surface area contributed by atoms with Crippen molar-refractivity contribution in [3.8, 4) is 0 Å². The van der Waals surface area contributed by atoms with Gasteiger partial charge in [0.25, 0.3) is 0 Å². The van der Waals surface area contributed by atoms with Gasteiger partial charge >= 0.3 is 0 Å². The van der Waals surface area contributed by atoms with Gasteiger partial charge in [-0.25, -0.2) is 4.98 Å². The molecule has 0 saturated carbocycles. The predicted molar refractivity (Wildman–Crippen MR) is 75.5 cm³/mol. The molecule has 1 heterocycles. The lowest BCUT2D eigenvalue weighted by Crippen LogP contribution is -2.02. The zero-order valence-corrected chi connectivity index (χ0v) is 11.2. The summed E-state index contributed by atoms with van der Waals surface area (Å²) in [5.41, 5.74) is 8.46. The molecule has 0 radical (unpaired) electrons. The number of imidazole rings is 1. The third-order valence-corrected chi connectivity index (χ3v) is 3.28. The van der Waals surface area contributed by atoms with Gasteiger partial charge in [-0.1, -0.05) is 37.3 Å². The van der Waals surface area contributed by atoms with Gasteiger partial charge in [-0.3, -0.25) is 0 Å². The zero-order chi connectivity index (χ0) is 13.0. The minimum absolute atomic E-state index is 0.814. The average Bonchev–Trinajstić information content (AvgIpc) is 2.66. The molecule has 0 unspecified atom stereocenters. The van der Waals surface area contributed by atoms with E-state index < -0.39 is 0 Å². The van der Waals surface area contributed by atoms with E-state index in [1.54, 1.807) is 0 Å². The summed E-state index contributed by atoms with van der Waals surface area (Å²) in [6.07, 6.45) is 4.00. The molecule has 3 heteroatoms. The highest BCUT2D eigenvalue weighted by Crippen LogP contribution is 2.16. The number of nitrogens with zero attached hydrogens (tertiary/aromatic N) is 2. The third-order valence-electron chi connectivity index (χ3n) is 3.28. The Morgan fingerprint density at radius 2 is 1.83 bits per heavy atom. The van der Waals surface area contributed by atoms with Gasteiger partial charge in [0, 0.05) is 13.5 Å². The molecule has 1 aromatic heterocycles. The summed E-state index contributed by atoms with van der Waals surface area (Å²) in [6.45, 7) is 2.16. The van der Waals surface area contributed by atoms with Crippen LogP contribution in [0.2, 0.25) is 0 Å². The maximum atomic E-state index is 6.10. The maximum absolute atomic E-state index is 6.10. The first-order valence-electron chi connectivity index (χ1n) is 6.56. The summed E-state index contributed by atoms with van der Waals surface area (Å²) in [7, 11) is 2.00. The van der Waals surface area contributed by atoms with Crippen LogP contribution >= 0.6 is 0 Å². The van der Waals surface area contributed by atoms with E-state index in [0.29, 0.717) is 0 Å². The molecule has 0 spiro atoms. The molecule has 2 N–H and O–H groups in total. The van der Waals surface area contributed by atoms with Crippen LogP contribution in [0.5, 0.6) is 0 Å². The minimum Gasteiger partial charge on any atom is -0.384 e. The summed E-state index contributed by atoms with van der Waals surface area (Å²) >= 11 is 0. The van der Waals surface area contributed by atoms with Crippen molar-refractivity contribution >= 4 is 5.82 Å². The molecule has 2 aromatic rings. The molecule has 0 atom stereocenters. The van der Waals surface area contributed by atoms with Crippen molar-refractivity contribution in [1.82, 2.24) is 9.55 Å². The van der Waals surface area contributed by atoms with E-state index in [9.17, 15) is 0 Å². The summed E-state index contributed by atoms with van der Waals surface area (Å²) < 4.78 is 2.02. The van der Waals surface area contributed by atoms with E-state index in [0.717, 1.165) is 43.0 Å². The lowest BCUT2D eigenvalue weighted by Gasteiger charge is -2.01. The SMILES string of the molecule is CCCc1nc(CCc2ccccc2)c(N)n1C. The second-order valence-corrected chi connectivity index (χ2v) is 4.65. The summed E-state index contributed by atoms with van der Waals surface area (Å²) in [5.74, 6) is 1.91. The molecule has 96 valence electrons. The first kappa shape index (κ1) is 12.7. The van der Waals surface area contributed by atoms with Gasteiger partial charge < -0.3 is 10.3 Å². The fourth-order valence-corrected chi connectivity index (χ4v) is 2.16. The molecule has 3 nitrogen and oxygen atoms in total. The molecular weight excluding hydrogens is 222 g/mol. The van der Waals surface area contributed by atoms with Gasteiger partial charge in [0.1, 0.15) is 11.6 Å². The lowest BCUT2D eigenvalue weighted by atomic mass is 10.1. The van der Waals surface area contributed by atoms with Crippen molar-refractivity contribution in [2.75, 3.05) is 5.73 Å². The van der Waals surface area contributed by atoms with Gasteiger partial charge in [0.05, 0.1) is 5.69 Å². The number of rotatable bonds is 5. The fourth-order valence-electron chi connectivity index (χ4n) is 2.16. The number of aromatic nitrogens is 2. The highest BCUT2D eigenvalue weighted by atomic mass is 15.1. The molecule has 0 saturated heterocycles. The molecule has 0 bridgehead atoms. The quantitative estimate of drug-likeness (QED) is 0.877. The van der Waals surface area contributed by atoms with Crippen molar-refractivity contribution in [2.24, 2.45) is 7.05 Å². The Hall–Kier alpha value is -1.77. The Morgan fingerprint density at radius 1 is 1.11 bits per heavy atom. The molecule has 0 aliphatic carbocycles. The summed E-state index contributed by atoms with van der Waals surface area (Å²) in [6, 6.07) is 10.5. The first-order chi connectivity index (χ1) is 8.72. The van der Waals surface area contributed by atoms with Gasteiger partial charge in [0.15, 0.2) is 0 Å². The van der Waals surface area contributed by atoms with Crippen molar-refractivity contribution in [3.05, 3.63) is 47.4 Å². The Kier molecular flexibility index (Phi) is 4.03. The largest absolute Gasteiger partial charge is 0.384 e. The van der Waals surface area contributed by atoms with E-state index in [1.807, 2.05) is 17.7 Å². The topological polar surface area (TPSA) is 43.8 Å². The molecule has 0 fully saturated rings. The molecule has 0 aliphatic heterocycles. The number of nitrogen functional groups attached to an aromatic ring is 1. The number of nitrogens with two attached hydrogens (primary N) is 1. The van der Waals surface area contributed by atoms with Crippen molar-refractivity contribution < 1.29 is 0 Å². The number of benzene rings is 1. The van der Waals surface area contributed by atoms with Crippen LogP contribution in [0.1, 0.15) is 30.4 Å². The van der Waals surface area contributed by atoms with Crippen LogP contribution in [-0.2, 0) is 26.3 Å². The van der Waals surface area contributed by atoms with Gasteiger partial charge in [0.2, 0.25) is 0 Å². The Bertz CT molecular complexity index is 500. The number of anilines is 1. The fraction of sp³-hybridized carbons (Fsp3) is 0.400. The van der Waals surface area contributed by atoms with E-state index in [-0.39, 0.29) is 0 Å². The molecule has 0 aliphatic rings. The number of hydrogen-bond acceptors (Lipinski definition) is 2. The van der Waals surface area contributed by atoms with Gasteiger partial charge in [-0.05, 0) is 24.8 Å². The summed E-state index contributed by atoms with van der Waals surface area (Å²) in [5, 5.41) is 0. The van der Waals surface area contributed by atoms with Gasteiger partial charge in [-0.2, -0.15) is 0 Å². The van der Waals surface area contributed by atoms with Crippen LogP contribution in [0.15, 0.2) is 30.3 Å². The Labute approximate surface area is 109 Å². The minimum atomic E-state index is 0.814. The number of hydrogen-bond donors (Lipinski definition) is 1. The second kappa shape index (κ2) is 5.71. The standard InChI is InChI=1S/C15H21N3/c1-3-7-14-17-13(15(16)18(14)2)11-10-12-8-5-4-6-9-12/h4-6,8-9H,3,7,10-11,16H2,1-2H3. The van der Waals surface area contributed by atoms with Crippen LogP contribution in [0, 0.1) is 0 Å². The zero-order valence-electron chi connectivity index (χ0n) is 11.2. The molecule has 18 heavy (non-hydrogen) atoms. The monoisotopic (exact) mass is 243 g/mol. The Balaban J connectivity index is 2.08. The average molecular weight is 243 g/mol. The van der Waals surface area contributed by atoms with E-state index in [1.165, 1.54) is 5.56 Å². The van der Waals surface area contributed by atoms with Crippen LogP contribution in [0.3, 0.4) is 0 Å². The van der Waals surface area contributed by atoms with E-state index in [2.05, 4.69) is 36.2 Å². The smallest absolute Gasteiger partial charge is 0.126 e. The van der Waals surface area contributed by atoms with Crippen LogP contribution < -0.4 is 5.73 Å². The predicted octanol–water partition coefficient (Wildman–Crippen LogP) is 2.74. The highest BCUT2D eigenvalue weighted by molar-refractivity contribution is 5.38. The normalized spacial score (nSPS) is 10.8. The maximum Gasteiger partial charge on any atom is 0.126 e. The number of aryl methyl sites for hydroxylation is 3. The van der Waals surface area contributed by atoms with Gasteiger partial charge in [-0.15, -0.1) is 0 Å². The van der Waals surface area contributed by atoms with Crippen molar-refractivity contribution in [1.29, 1.82) is 0 Å². The van der Waals surface area contributed by atoms with Crippen LogP contribution in [0.25, 0.3) is 0 Å². The van der Waals surface area contributed by atoms with E-state index >= 15 is 0 Å². The van der Waals surface area contributed by atoms with Crippen molar-refractivity contribution in [2.45, 2.75) is 32.6 Å². The van der Waals surface area contributed by atoms with Crippen LogP contribution in [0.4, 0.5) is 5.82 Å². The Morgan fingerprint density at radius 3 is 2.50 bits per heavy atom. The van der Waals surface area contributed by atoms with E-state index in [4.69, 9.17) is 5.73 Å². The summed E-state index contributed by atoms with van der Waals surface area (Å²) in [4.78, 5) is 4.65. The molecule has 2 rings (SSSR count). The van der Waals surface area contributed by atoms with Crippen LogP contribution in [-0.4, -0.2) is 9.55 Å². The van der Waals surface area contributed by atoms with Crippen molar-refractivity contribution in [3.63, 3.8) is 0 Å². The first-order valence-corrected chi connectivity index (χ1v) is 6.56. The second-order valence-electron chi connectivity index (χ2n) is 4.65. The third kappa shape index (κ3) is 2.73. The molecule has 0 amide bonds. The molecular formula is C15H21N3. The highest BCUT2D eigenvalue weighted by Gasteiger charge is 2.10. The lowest BCUT2D eigenvalue weighted by molar-refractivity contribution is 0.762.